The van der Waals surface area contributed by atoms with Crippen molar-refractivity contribution < 1.29 is 14.7 Å². The minimum Gasteiger partial charge on any atom is -0.506 e. The van der Waals surface area contributed by atoms with Gasteiger partial charge in [0.15, 0.2) is 0 Å². The molecule has 0 fully saturated rings. The smallest absolute Gasteiger partial charge is 0.256 e. The van der Waals surface area contributed by atoms with Crippen LogP contribution in [0.5, 0.6) is 5.75 Å². The van der Waals surface area contributed by atoms with E-state index in [9.17, 15) is 14.7 Å². The van der Waals surface area contributed by atoms with E-state index in [0.717, 1.165) is 6.42 Å². The minimum atomic E-state index is -0.305. The number of aromatic hydroxyl groups is 1. The molecule has 0 aromatic carbocycles. The van der Waals surface area contributed by atoms with Crippen LogP contribution in [0.15, 0.2) is 18.5 Å². The lowest BCUT2D eigenvalue weighted by Crippen LogP contribution is -2.40. The summed E-state index contributed by atoms with van der Waals surface area (Å²) in [7, 11) is 3.29. The van der Waals surface area contributed by atoms with Crippen LogP contribution in [0.4, 0.5) is 0 Å². The molecule has 6 nitrogen and oxygen atoms in total. The van der Waals surface area contributed by atoms with Gasteiger partial charge in [-0.1, -0.05) is 6.92 Å². The molecule has 0 aliphatic carbocycles. The summed E-state index contributed by atoms with van der Waals surface area (Å²) in [6, 6.07) is 1.35. The Labute approximate surface area is 112 Å². The first-order valence-electron chi connectivity index (χ1n) is 6.09. The van der Waals surface area contributed by atoms with Crippen molar-refractivity contribution in [2.24, 2.45) is 0 Å². The number of carbonyl (C=O) groups excluding carboxylic acids is 2. The van der Waals surface area contributed by atoms with Gasteiger partial charge in [0, 0.05) is 26.8 Å². The zero-order valence-corrected chi connectivity index (χ0v) is 11.5. The van der Waals surface area contributed by atoms with E-state index in [1.54, 1.807) is 14.1 Å². The molecule has 0 unspecified atom stereocenters. The highest BCUT2D eigenvalue weighted by molar-refractivity contribution is 5.96. The molecule has 0 atom stereocenters. The van der Waals surface area contributed by atoms with Gasteiger partial charge in [0.25, 0.3) is 5.91 Å². The van der Waals surface area contributed by atoms with Crippen molar-refractivity contribution in [3.63, 3.8) is 0 Å². The Bertz CT molecular complexity index is 460. The van der Waals surface area contributed by atoms with Crippen molar-refractivity contribution in [3.05, 3.63) is 24.0 Å². The fourth-order valence-electron chi connectivity index (χ4n) is 1.55. The molecule has 1 rings (SSSR count). The molecule has 104 valence electrons. The second-order valence-electron chi connectivity index (χ2n) is 4.45. The zero-order chi connectivity index (χ0) is 14.4. The Morgan fingerprint density at radius 2 is 2.00 bits per heavy atom. The van der Waals surface area contributed by atoms with Crippen molar-refractivity contribution >= 4 is 11.8 Å². The lowest BCUT2D eigenvalue weighted by Gasteiger charge is -2.23. The van der Waals surface area contributed by atoms with Crippen LogP contribution in [0.2, 0.25) is 0 Å². The number of likely N-dealkylation sites (N-methyl/N-ethyl adjacent to an activating group) is 1. The van der Waals surface area contributed by atoms with E-state index in [4.69, 9.17) is 0 Å². The molecule has 0 bridgehead atoms. The fourth-order valence-corrected chi connectivity index (χ4v) is 1.55. The SMILES string of the molecule is CCCN(CC(=O)N(C)C)C(=O)c1cncc(O)c1. The molecule has 1 aromatic heterocycles. The molecular formula is C13H19N3O3. The Morgan fingerprint density at radius 1 is 1.32 bits per heavy atom. The van der Waals surface area contributed by atoms with Gasteiger partial charge in [-0.2, -0.15) is 0 Å². The predicted molar refractivity (Wildman–Crippen MR) is 70.8 cm³/mol. The Morgan fingerprint density at radius 3 is 2.53 bits per heavy atom. The standard InChI is InChI=1S/C13H19N3O3/c1-4-5-16(9-12(18)15(2)3)13(19)10-6-11(17)8-14-7-10/h6-8,17H,4-5,9H2,1-3H3. The third kappa shape index (κ3) is 4.24. The van der Waals surface area contributed by atoms with Crippen molar-refractivity contribution in [1.82, 2.24) is 14.8 Å². The van der Waals surface area contributed by atoms with Gasteiger partial charge in [0.2, 0.25) is 5.91 Å². The molecule has 0 saturated carbocycles. The lowest BCUT2D eigenvalue weighted by atomic mass is 10.2. The summed E-state index contributed by atoms with van der Waals surface area (Å²) in [6.45, 7) is 2.44. The van der Waals surface area contributed by atoms with Crippen molar-refractivity contribution in [3.8, 4) is 5.75 Å². The maximum atomic E-state index is 12.2. The molecule has 0 radical (unpaired) electrons. The van der Waals surface area contributed by atoms with Crippen LogP contribution in [-0.2, 0) is 4.79 Å². The monoisotopic (exact) mass is 265 g/mol. The van der Waals surface area contributed by atoms with E-state index in [0.29, 0.717) is 6.54 Å². The van der Waals surface area contributed by atoms with Gasteiger partial charge in [-0.15, -0.1) is 0 Å². The molecule has 0 spiro atoms. The molecule has 0 saturated heterocycles. The first kappa shape index (κ1) is 14.9. The van der Waals surface area contributed by atoms with Gasteiger partial charge in [0.05, 0.1) is 11.8 Å². The Hall–Kier alpha value is -2.11. The average Bonchev–Trinajstić information content (AvgIpc) is 2.37. The number of hydrogen-bond acceptors (Lipinski definition) is 4. The normalized spacial score (nSPS) is 10.1. The highest BCUT2D eigenvalue weighted by atomic mass is 16.3. The summed E-state index contributed by atoms with van der Waals surface area (Å²) >= 11 is 0. The number of rotatable bonds is 5. The summed E-state index contributed by atoms with van der Waals surface area (Å²) < 4.78 is 0. The van der Waals surface area contributed by atoms with Crippen LogP contribution in [0, 0.1) is 0 Å². The van der Waals surface area contributed by atoms with Gasteiger partial charge in [0.1, 0.15) is 12.3 Å². The molecule has 1 heterocycles. The Balaban J connectivity index is 2.86. The molecule has 2 amide bonds. The third-order valence-electron chi connectivity index (χ3n) is 2.58. The average molecular weight is 265 g/mol. The maximum absolute atomic E-state index is 12.2. The summed E-state index contributed by atoms with van der Waals surface area (Å²) in [6.07, 6.45) is 3.38. The highest BCUT2D eigenvalue weighted by Crippen LogP contribution is 2.11. The number of pyridine rings is 1. The van der Waals surface area contributed by atoms with E-state index in [1.165, 1.54) is 28.3 Å². The second kappa shape index (κ2) is 6.72. The van der Waals surface area contributed by atoms with Gasteiger partial charge in [-0.3, -0.25) is 14.6 Å². The quantitative estimate of drug-likeness (QED) is 0.851. The molecule has 19 heavy (non-hydrogen) atoms. The third-order valence-corrected chi connectivity index (χ3v) is 2.58. The molecule has 0 aliphatic rings. The van der Waals surface area contributed by atoms with Crippen molar-refractivity contribution in [2.45, 2.75) is 13.3 Å². The van der Waals surface area contributed by atoms with E-state index in [-0.39, 0.29) is 29.7 Å². The predicted octanol–water partition coefficient (Wildman–Crippen LogP) is 0.728. The van der Waals surface area contributed by atoms with Gasteiger partial charge in [-0.05, 0) is 12.5 Å². The highest BCUT2D eigenvalue weighted by Gasteiger charge is 2.19. The molecular weight excluding hydrogens is 246 g/mol. The minimum absolute atomic E-state index is 0.0231. The largest absolute Gasteiger partial charge is 0.506 e. The van der Waals surface area contributed by atoms with Gasteiger partial charge >= 0.3 is 0 Å². The molecule has 1 N–H and O–H groups in total. The maximum Gasteiger partial charge on any atom is 0.256 e. The van der Waals surface area contributed by atoms with E-state index >= 15 is 0 Å². The first-order valence-corrected chi connectivity index (χ1v) is 6.09. The molecule has 6 heteroatoms. The van der Waals surface area contributed by atoms with Crippen LogP contribution in [-0.4, -0.2) is 58.9 Å². The van der Waals surface area contributed by atoms with Crippen LogP contribution in [0.3, 0.4) is 0 Å². The molecule has 0 aliphatic heterocycles. The van der Waals surface area contributed by atoms with Crippen LogP contribution < -0.4 is 0 Å². The molecule has 1 aromatic rings. The second-order valence-corrected chi connectivity index (χ2v) is 4.45. The number of nitrogens with zero attached hydrogens (tertiary/aromatic N) is 3. The van der Waals surface area contributed by atoms with Crippen LogP contribution in [0.25, 0.3) is 0 Å². The number of carbonyl (C=O) groups is 2. The van der Waals surface area contributed by atoms with E-state index in [1.807, 2.05) is 6.92 Å². The number of amides is 2. The topological polar surface area (TPSA) is 73.7 Å². The van der Waals surface area contributed by atoms with Crippen molar-refractivity contribution in [2.75, 3.05) is 27.2 Å². The fraction of sp³-hybridized carbons (Fsp3) is 0.462. The Kier molecular flexibility index (Phi) is 5.29. The van der Waals surface area contributed by atoms with Crippen LogP contribution in [0.1, 0.15) is 23.7 Å². The summed E-state index contributed by atoms with van der Waals surface area (Å²) in [5.41, 5.74) is 0.278. The van der Waals surface area contributed by atoms with Gasteiger partial charge < -0.3 is 14.9 Å². The zero-order valence-electron chi connectivity index (χ0n) is 11.5. The van der Waals surface area contributed by atoms with Gasteiger partial charge in [-0.25, -0.2) is 0 Å². The van der Waals surface area contributed by atoms with E-state index < -0.39 is 0 Å². The summed E-state index contributed by atoms with van der Waals surface area (Å²) in [4.78, 5) is 30.6. The number of aromatic nitrogens is 1. The van der Waals surface area contributed by atoms with Crippen molar-refractivity contribution in [1.29, 1.82) is 0 Å². The summed E-state index contributed by atoms with van der Waals surface area (Å²) in [5, 5.41) is 9.34. The first-order chi connectivity index (χ1) is 8.95. The van der Waals surface area contributed by atoms with Crippen LogP contribution >= 0.6 is 0 Å². The number of hydrogen-bond donors (Lipinski definition) is 1. The van der Waals surface area contributed by atoms with E-state index in [2.05, 4.69) is 4.98 Å². The lowest BCUT2D eigenvalue weighted by molar-refractivity contribution is -0.129. The summed E-state index contributed by atoms with van der Waals surface area (Å²) in [5.74, 6) is -0.517.